The summed E-state index contributed by atoms with van der Waals surface area (Å²) in [6.45, 7) is 1.02. The van der Waals surface area contributed by atoms with Gasteiger partial charge in [0.1, 0.15) is 12.4 Å². The number of rotatable bonds is 4. The Kier molecular flexibility index (Phi) is 3.00. The molecular weight excluding hydrogens is 246 g/mol. The molecule has 0 atom stereocenters. The molecule has 4 nitrogen and oxygen atoms in total. The van der Waals surface area contributed by atoms with Gasteiger partial charge in [0.15, 0.2) is 0 Å². The quantitative estimate of drug-likeness (QED) is 0.757. The Bertz CT molecular complexity index is 645. The van der Waals surface area contributed by atoms with E-state index in [1.807, 2.05) is 23.6 Å². The van der Waals surface area contributed by atoms with Gasteiger partial charge >= 0.3 is 0 Å². The molecule has 0 saturated heterocycles. The molecule has 18 heavy (non-hydrogen) atoms. The smallest absolute Gasteiger partial charge is 0.131 e. The third-order valence-corrected chi connectivity index (χ3v) is 3.38. The van der Waals surface area contributed by atoms with E-state index in [4.69, 9.17) is 10.5 Å². The minimum absolute atomic E-state index is 0.499. The number of aromatic nitrogens is 2. The van der Waals surface area contributed by atoms with Gasteiger partial charge < -0.3 is 15.5 Å². The van der Waals surface area contributed by atoms with Crippen molar-refractivity contribution < 1.29 is 4.74 Å². The zero-order chi connectivity index (χ0) is 12.4. The van der Waals surface area contributed by atoms with Crippen LogP contribution in [0.25, 0.3) is 10.9 Å². The van der Waals surface area contributed by atoms with Gasteiger partial charge in [0.2, 0.25) is 0 Å². The lowest BCUT2D eigenvalue weighted by Crippen LogP contribution is -1.95. The Morgan fingerprint density at radius 3 is 3.06 bits per heavy atom. The van der Waals surface area contributed by atoms with Gasteiger partial charge in [-0.05, 0) is 23.6 Å². The van der Waals surface area contributed by atoms with Crippen molar-refractivity contribution in [3.63, 3.8) is 0 Å². The standard InChI is InChI=1S/C13H13N3OS/c14-5-10-3-9-1-2-12(4-13(9)16-10)17-6-11-7-18-8-15-11/h1-4,7-8,16H,5-6,14H2. The van der Waals surface area contributed by atoms with Gasteiger partial charge in [0.05, 0.1) is 11.2 Å². The highest BCUT2D eigenvalue weighted by atomic mass is 32.1. The molecule has 3 N–H and O–H groups in total. The van der Waals surface area contributed by atoms with Crippen LogP contribution in [0.4, 0.5) is 0 Å². The Labute approximate surface area is 108 Å². The number of aromatic amines is 1. The van der Waals surface area contributed by atoms with Crippen molar-refractivity contribution in [1.29, 1.82) is 0 Å². The summed E-state index contributed by atoms with van der Waals surface area (Å²) in [6, 6.07) is 8.03. The minimum atomic E-state index is 0.499. The summed E-state index contributed by atoms with van der Waals surface area (Å²) in [4.78, 5) is 7.44. The van der Waals surface area contributed by atoms with Crippen LogP contribution in [0.2, 0.25) is 0 Å². The highest BCUT2D eigenvalue weighted by Crippen LogP contribution is 2.22. The maximum atomic E-state index is 5.69. The molecule has 0 bridgehead atoms. The number of thiazole rings is 1. The number of hydrogen-bond acceptors (Lipinski definition) is 4. The number of ether oxygens (including phenoxy) is 1. The Balaban J connectivity index is 1.80. The molecule has 0 radical (unpaired) electrons. The number of H-pyrrole nitrogens is 1. The van der Waals surface area contributed by atoms with Crippen molar-refractivity contribution >= 4 is 22.2 Å². The SMILES string of the molecule is NCc1cc2ccc(OCc3cscn3)cc2[nH]1. The highest BCUT2D eigenvalue weighted by Gasteiger charge is 2.02. The van der Waals surface area contributed by atoms with Gasteiger partial charge in [0, 0.05) is 29.2 Å². The third-order valence-electron chi connectivity index (χ3n) is 2.74. The van der Waals surface area contributed by atoms with E-state index < -0.39 is 0 Å². The predicted molar refractivity (Wildman–Crippen MR) is 72.6 cm³/mol. The second-order valence-electron chi connectivity index (χ2n) is 4.02. The maximum absolute atomic E-state index is 5.69. The minimum Gasteiger partial charge on any atom is -0.487 e. The molecule has 92 valence electrons. The molecule has 3 rings (SSSR count). The molecule has 0 aliphatic heterocycles. The van der Waals surface area contributed by atoms with Crippen molar-refractivity contribution in [3.8, 4) is 5.75 Å². The number of hydrogen-bond donors (Lipinski definition) is 2. The number of benzene rings is 1. The molecule has 5 heteroatoms. The first-order valence-corrected chi connectivity index (χ1v) is 6.61. The van der Waals surface area contributed by atoms with Crippen LogP contribution in [0, 0.1) is 0 Å². The molecular formula is C13H13N3OS. The average Bonchev–Trinajstić information content (AvgIpc) is 3.04. The van der Waals surface area contributed by atoms with Gasteiger partial charge in [-0.1, -0.05) is 0 Å². The molecule has 0 unspecified atom stereocenters. The van der Waals surface area contributed by atoms with E-state index in [-0.39, 0.29) is 0 Å². The van der Waals surface area contributed by atoms with Crippen LogP contribution in [0.3, 0.4) is 0 Å². The summed E-state index contributed by atoms with van der Waals surface area (Å²) in [5, 5.41) is 3.14. The van der Waals surface area contributed by atoms with Crippen LogP contribution in [0.5, 0.6) is 5.75 Å². The first-order valence-electron chi connectivity index (χ1n) is 5.67. The molecule has 2 heterocycles. The van der Waals surface area contributed by atoms with Crippen LogP contribution in [0.15, 0.2) is 35.2 Å². The number of nitrogens with two attached hydrogens (primary N) is 1. The fourth-order valence-corrected chi connectivity index (χ4v) is 2.38. The van der Waals surface area contributed by atoms with Gasteiger partial charge in [0.25, 0.3) is 0 Å². The van der Waals surface area contributed by atoms with Crippen molar-refractivity contribution in [3.05, 3.63) is 46.5 Å². The Hall–Kier alpha value is -1.85. The van der Waals surface area contributed by atoms with Crippen LogP contribution in [-0.2, 0) is 13.2 Å². The van der Waals surface area contributed by atoms with Crippen LogP contribution >= 0.6 is 11.3 Å². The molecule has 3 aromatic rings. The summed E-state index contributed by atoms with van der Waals surface area (Å²) in [5.74, 6) is 0.834. The van der Waals surface area contributed by atoms with Crippen LogP contribution < -0.4 is 10.5 Å². The fraction of sp³-hybridized carbons (Fsp3) is 0.154. The lowest BCUT2D eigenvalue weighted by atomic mass is 10.2. The first kappa shape index (κ1) is 11.3. The van der Waals surface area contributed by atoms with Gasteiger partial charge in [-0.2, -0.15) is 0 Å². The second kappa shape index (κ2) is 4.80. The zero-order valence-electron chi connectivity index (χ0n) is 9.72. The number of nitrogens with one attached hydrogen (secondary N) is 1. The van der Waals surface area contributed by atoms with Crippen molar-refractivity contribution in [2.75, 3.05) is 0 Å². The maximum Gasteiger partial charge on any atom is 0.131 e. The average molecular weight is 259 g/mol. The predicted octanol–water partition coefficient (Wildman–Crippen LogP) is 2.66. The summed E-state index contributed by atoms with van der Waals surface area (Å²) in [5.41, 5.74) is 10.4. The number of fused-ring (bicyclic) bond motifs is 1. The second-order valence-corrected chi connectivity index (χ2v) is 4.73. The molecule has 1 aromatic carbocycles. The largest absolute Gasteiger partial charge is 0.487 e. The summed E-state index contributed by atoms with van der Waals surface area (Å²) in [6.07, 6.45) is 0. The van der Waals surface area contributed by atoms with E-state index in [1.54, 1.807) is 16.8 Å². The highest BCUT2D eigenvalue weighted by molar-refractivity contribution is 7.07. The van der Waals surface area contributed by atoms with Gasteiger partial charge in [-0.15, -0.1) is 11.3 Å². The lowest BCUT2D eigenvalue weighted by Gasteiger charge is -2.03. The molecule has 0 spiro atoms. The summed E-state index contributed by atoms with van der Waals surface area (Å²) in [7, 11) is 0. The zero-order valence-corrected chi connectivity index (χ0v) is 10.5. The Morgan fingerprint density at radius 1 is 1.33 bits per heavy atom. The lowest BCUT2D eigenvalue weighted by molar-refractivity contribution is 0.302. The third kappa shape index (κ3) is 2.23. The van der Waals surface area contributed by atoms with E-state index in [2.05, 4.69) is 16.0 Å². The van der Waals surface area contributed by atoms with Gasteiger partial charge in [-0.3, -0.25) is 0 Å². The normalized spacial score (nSPS) is 10.9. The molecule has 0 saturated carbocycles. The van der Waals surface area contributed by atoms with E-state index in [1.165, 1.54) is 0 Å². The first-order chi connectivity index (χ1) is 8.85. The molecule has 0 amide bonds. The van der Waals surface area contributed by atoms with Crippen molar-refractivity contribution in [2.45, 2.75) is 13.2 Å². The Morgan fingerprint density at radius 2 is 2.28 bits per heavy atom. The van der Waals surface area contributed by atoms with Crippen LogP contribution in [0.1, 0.15) is 11.4 Å². The van der Waals surface area contributed by atoms with E-state index in [9.17, 15) is 0 Å². The molecule has 0 aliphatic carbocycles. The van der Waals surface area contributed by atoms with Crippen LogP contribution in [-0.4, -0.2) is 9.97 Å². The van der Waals surface area contributed by atoms with E-state index >= 15 is 0 Å². The topological polar surface area (TPSA) is 63.9 Å². The van der Waals surface area contributed by atoms with Crippen molar-refractivity contribution in [1.82, 2.24) is 9.97 Å². The fourth-order valence-electron chi connectivity index (χ4n) is 1.83. The van der Waals surface area contributed by atoms with Crippen molar-refractivity contribution in [2.24, 2.45) is 5.73 Å². The summed E-state index contributed by atoms with van der Waals surface area (Å²) >= 11 is 1.57. The number of nitrogens with zero attached hydrogens (tertiary/aromatic N) is 1. The monoisotopic (exact) mass is 259 g/mol. The van der Waals surface area contributed by atoms with E-state index in [0.29, 0.717) is 13.2 Å². The van der Waals surface area contributed by atoms with Gasteiger partial charge in [-0.25, -0.2) is 4.98 Å². The van der Waals surface area contributed by atoms with E-state index in [0.717, 1.165) is 28.0 Å². The molecule has 0 aliphatic rings. The molecule has 0 fully saturated rings. The molecule has 2 aromatic heterocycles. The summed E-state index contributed by atoms with van der Waals surface area (Å²) < 4.78 is 5.69.